The molecule has 114 valence electrons. The van der Waals surface area contributed by atoms with Crippen molar-refractivity contribution in [1.82, 2.24) is 0 Å². The lowest BCUT2D eigenvalue weighted by Gasteiger charge is -2.30. The highest BCUT2D eigenvalue weighted by molar-refractivity contribution is 6.01. The fraction of sp³-hybridized carbons (Fsp3) is 0.381. The standard InChI is InChI=1S/C21H24O/c1-3-5-14-20(22)21(15-4-2)18-12-8-6-10-16(18)17-11-7-9-13-19(17)21/h6-13H,3-5,14-15H2,1-2H3. The van der Waals surface area contributed by atoms with Gasteiger partial charge >= 0.3 is 0 Å². The Labute approximate surface area is 133 Å². The molecular formula is C21H24O. The number of benzene rings is 2. The third kappa shape index (κ3) is 2.11. The van der Waals surface area contributed by atoms with Crippen molar-refractivity contribution in [3.8, 4) is 11.1 Å². The third-order valence-electron chi connectivity index (χ3n) is 4.92. The van der Waals surface area contributed by atoms with Gasteiger partial charge in [0.25, 0.3) is 0 Å². The van der Waals surface area contributed by atoms with Crippen LogP contribution in [-0.2, 0) is 10.2 Å². The molecule has 0 atom stereocenters. The minimum absolute atomic E-state index is 0.397. The van der Waals surface area contributed by atoms with Crippen LogP contribution in [0.3, 0.4) is 0 Å². The first kappa shape index (κ1) is 15.0. The molecule has 0 bridgehead atoms. The topological polar surface area (TPSA) is 17.1 Å². The average molecular weight is 292 g/mol. The molecule has 2 aromatic carbocycles. The summed E-state index contributed by atoms with van der Waals surface area (Å²) in [6.45, 7) is 4.33. The van der Waals surface area contributed by atoms with Crippen LogP contribution >= 0.6 is 0 Å². The first-order valence-electron chi connectivity index (χ1n) is 8.48. The summed E-state index contributed by atoms with van der Waals surface area (Å²) in [6, 6.07) is 17.0. The minimum Gasteiger partial charge on any atom is -0.298 e. The molecule has 0 fully saturated rings. The van der Waals surface area contributed by atoms with E-state index in [1.807, 2.05) is 0 Å². The first-order chi connectivity index (χ1) is 10.8. The van der Waals surface area contributed by atoms with Gasteiger partial charge in [0.2, 0.25) is 0 Å². The molecule has 0 unspecified atom stereocenters. The molecule has 3 rings (SSSR count). The summed E-state index contributed by atoms with van der Waals surface area (Å²) in [4.78, 5) is 13.2. The zero-order valence-electron chi connectivity index (χ0n) is 13.6. The number of unbranched alkanes of at least 4 members (excludes halogenated alkanes) is 1. The molecule has 0 aromatic heterocycles. The Bertz CT molecular complexity index is 638. The van der Waals surface area contributed by atoms with Crippen molar-refractivity contribution in [3.63, 3.8) is 0 Å². The van der Waals surface area contributed by atoms with Crippen LogP contribution in [-0.4, -0.2) is 5.78 Å². The second-order valence-corrected chi connectivity index (χ2v) is 6.27. The molecule has 0 heterocycles. The van der Waals surface area contributed by atoms with E-state index in [0.717, 1.165) is 25.7 Å². The fourth-order valence-corrected chi connectivity index (χ4v) is 3.96. The van der Waals surface area contributed by atoms with Gasteiger partial charge in [-0.2, -0.15) is 0 Å². The first-order valence-corrected chi connectivity index (χ1v) is 8.48. The second-order valence-electron chi connectivity index (χ2n) is 6.27. The molecule has 0 saturated heterocycles. The van der Waals surface area contributed by atoms with Crippen molar-refractivity contribution in [3.05, 3.63) is 59.7 Å². The number of carbonyl (C=O) groups is 1. The fourth-order valence-electron chi connectivity index (χ4n) is 3.96. The molecule has 22 heavy (non-hydrogen) atoms. The van der Waals surface area contributed by atoms with Crippen molar-refractivity contribution < 1.29 is 4.79 Å². The molecule has 2 aromatic rings. The highest BCUT2D eigenvalue weighted by Crippen LogP contribution is 2.52. The lowest BCUT2D eigenvalue weighted by Crippen LogP contribution is -2.35. The van der Waals surface area contributed by atoms with E-state index in [1.165, 1.54) is 22.3 Å². The number of hydrogen-bond acceptors (Lipinski definition) is 1. The smallest absolute Gasteiger partial charge is 0.147 e. The molecule has 0 aliphatic heterocycles. The van der Waals surface area contributed by atoms with Crippen LogP contribution in [0.2, 0.25) is 0 Å². The highest BCUT2D eigenvalue weighted by atomic mass is 16.1. The van der Waals surface area contributed by atoms with Gasteiger partial charge in [-0.05, 0) is 35.1 Å². The number of carbonyl (C=O) groups excluding carboxylic acids is 1. The SMILES string of the molecule is CCCCC(=O)C1(CCC)c2ccccc2-c2ccccc21. The van der Waals surface area contributed by atoms with Gasteiger partial charge in [-0.3, -0.25) is 4.79 Å². The Morgan fingerprint density at radius 3 is 1.91 bits per heavy atom. The Balaban J connectivity index is 2.22. The Hall–Kier alpha value is -1.89. The zero-order valence-corrected chi connectivity index (χ0v) is 13.6. The van der Waals surface area contributed by atoms with Crippen molar-refractivity contribution in [2.45, 2.75) is 51.4 Å². The van der Waals surface area contributed by atoms with Gasteiger partial charge in [0.1, 0.15) is 5.78 Å². The van der Waals surface area contributed by atoms with Crippen molar-refractivity contribution in [1.29, 1.82) is 0 Å². The molecule has 1 aliphatic carbocycles. The van der Waals surface area contributed by atoms with E-state index in [-0.39, 0.29) is 0 Å². The summed E-state index contributed by atoms with van der Waals surface area (Å²) in [5.74, 6) is 0.397. The molecule has 1 aliphatic rings. The number of rotatable bonds is 6. The summed E-state index contributed by atoms with van der Waals surface area (Å²) >= 11 is 0. The maximum absolute atomic E-state index is 13.2. The Kier molecular flexibility index (Phi) is 4.15. The van der Waals surface area contributed by atoms with Crippen LogP contribution in [0.4, 0.5) is 0 Å². The average Bonchev–Trinajstić information content (AvgIpc) is 2.85. The molecular weight excluding hydrogens is 268 g/mol. The van der Waals surface area contributed by atoms with Crippen LogP contribution in [0.15, 0.2) is 48.5 Å². The highest BCUT2D eigenvalue weighted by Gasteiger charge is 2.47. The molecule has 1 heteroatoms. The van der Waals surface area contributed by atoms with Gasteiger partial charge in [0.15, 0.2) is 0 Å². The Morgan fingerprint density at radius 1 is 0.864 bits per heavy atom. The third-order valence-corrected chi connectivity index (χ3v) is 4.92. The monoisotopic (exact) mass is 292 g/mol. The van der Waals surface area contributed by atoms with Crippen molar-refractivity contribution in [2.75, 3.05) is 0 Å². The molecule has 0 amide bonds. The number of ketones is 1. The number of Topliss-reactive ketones (excluding diaryl/α,β-unsaturated/α-hetero) is 1. The van der Waals surface area contributed by atoms with Crippen LogP contribution in [0.5, 0.6) is 0 Å². The van der Waals surface area contributed by atoms with E-state index in [9.17, 15) is 4.79 Å². The molecule has 0 radical (unpaired) electrons. The van der Waals surface area contributed by atoms with Gasteiger partial charge < -0.3 is 0 Å². The van der Waals surface area contributed by atoms with E-state index < -0.39 is 5.41 Å². The molecule has 1 nitrogen and oxygen atoms in total. The minimum atomic E-state index is -0.420. The predicted molar refractivity (Wildman–Crippen MR) is 92.1 cm³/mol. The lowest BCUT2D eigenvalue weighted by atomic mass is 9.70. The van der Waals surface area contributed by atoms with Crippen LogP contribution in [0.25, 0.3) is 11.1 Å². The summed E-state index contributed by atoms with van der Waals surface area (Å²) in [7, 11) is 0. The summed E-state index contributed by atoms with van der Waals surface area (Å²) in [6.07, 6.45) is 4.65. The predicted octanol–water partition coefficient (Wildman–Crippen LogP) is 5.51. The quantitative estimate of drug-likeness (QED) is 0.686. The normalized spacial score (nSPS) is 14.5. The molecule has 0 saturated carbocycles. The van der Waals surface area contributed by atoms with Crippen molar-refractivity contribution in [2.24, 2.45) is 0 Å². The van der Waals surface area contributed by atoms with Crippen LogP contribution < -0.4 is 0 Å². The number of fused-ring (bicyclic) bond motifs is 3. The van der Waals surface area contributed by atoms with E-state index >= 15 is 0 Å². The second kappa shape index (κ2) is 6.08. The largest absolute Gasteiger partial charge is 0.298 e. The summed E-state index contributed by atoms with van der Waals surface area (Å²) < 4.78 is 0. The van der Waals surface area contributed by atoms with Gasteiger partial charge in [-0.25, -0.2) is 0 Å². The molecule has 0 spiro atoms. The van der Waals surface area contributed by atoms with E-state index in [4.69, 9.17) is 0 Å². The Morgan fingerprint density at radius 2 is 1.41 bits per heavy atom. The lowest BCUT2D eigenvalue weighted by molar-refractivity contribution is -0.123. The van der Waals surface area contributed by atoms with Crippen LogP contribution in [0, 0.1) is 0 Å². The number of hydrogen-bond donors (Lipinski definition) is 0. The van der Waals surface area contributed by atoms with Gasteiger partial charge in [-0.1, -0.05) is 75.2 Å². The maximum atomic E-state index is 13.2. The van der Waals surface area contributed by atoms with Gasteiger partial charge in [-0.15, -0.1) is 0 Å². The van der Waals surface area contributed by atoms with Crippen molar-refractivity contribution >= 4 is 5.78 Å². The summed E-state index contributed by atoms with van der Waals surface area (Å²) in [5.41, 5.74) is 4.52. The maximum Gasteiger partial charge on any atom is 0.147 e. The van der Waals surface area contributed by atoms with Gasteiger partial charge in [0, 0.05) is 6.42 Å². The van der Waals surface area contributed by atoms with Crippen LogP contribution in [0.1, 0.15) is 57.1 Å². The molecule has 0 N–H and O–H groups in total. The zero-order chi connectivity index (χ0) is 15.6. The summed E-state index contributed by atoms with van der Waals surface area (Å²) in [5, 5.41) is 0. The van der Waals surface area contributed by atoms with E-state index in [0.29, 0.717) is 12.2 Å². The van der Waals surface area contributed by atoms with E-state index in [1.54, 1.807) is 0 Å². The van der Waals surface area contributed by atoms with E-state index in [2.05, 4.69) is 62.4 Å². The van der Waals surface area contributed by atoms with Gasteiger partial charge in [0.05, 0.1) is 5.41 Å².